The van der Waals surface area contributed by atoms with Gasteiger partial charge in [0.1, 0.15) is 30.3 Å². The van der Waals surface area contributed by atoms with Crippen LogP contribution in [0, 0.1) is 0 Å². The number of carbonyl (C=O) groups is 1. The minimum absolute atomic E-state index is 0.0108. The molecule has 0 unspecified atom stereocenters. The van der Waals surface area contributed by atoms with Gasteiger partial charge < -0.3 is 19.9 Å². The summed E-state index contributed by atoms with van der Waals surface area (Å²) in [4.78, 5) is 30.5. The molecule has 1 aliphatic rings. The molecule has 3 aromatic heterocycles. The quantitative estimate of drug-likeness (QED) is 0.451. The van der Waals surface area contributed by atoms with Crippen molar-refractivity contribution in [1.82, 2.24) is 24.7 Å². The molecule has 1 amide bonds. The number of halogens is 1. The highest BCUT2D eigenvalue weighted by molar-refractivity contribution is 6.31. The number of rotatable bonds is 6. The number of hydrogen-bond acceptors (Lipinski definition) is 8. The fourth-order valence-corrected chi connectivity index (χ4v) is 4.21. The lowest BCUT2D eigenvalue weighted by Gasteiger charge is -2.36. The van der Waals surface area contributed by atoms with E-state index in [1.807, 2.05) is 24.4 Å². The number of piperazine rings is 1. The number of fused-ring (bicyclic) bond motifs is 1. The van der Waals surface area contributed by atoms with Gasteiger partial charge in [-0.05, 0) is 30.3 Å². The second-order valence-electron chi connectivity index (χ2n) is 7.79. The molecular formula is C23H23ClN8O2. The Kier molecular flexibility index (Phi) is 6.13. The van der Waals surface area contributed by atoms with E-state index in [2.05, 4.69) is 35.2 Å². The van der Waals surface area contributed by atoms with Gasteiger partial charge in [0.05, 0.1) is 24.4 Å². The summed E-state index contributed by atoms with van der Waals surface area (Å²) in [6.07, 6.45) is 5.03. The third kappa shape index (κ3) is 4.44. The molecule has 0 saturated carbocycles. The molecule has 4 heterocycles. The molecule has 174 valence electrons. The molecule has 11 heteroatoms. The SMILES string of the molecule is COc1ccc(Cl)cc1NC(=O)Cn1ncc2c(N3CCN(c4ccccn4)CC3)ncnc21. The third-order valence-electron chi connectivity index (χ3n) is 5.69. The Morgan fingerprint density at radius 2 is 1.91 bits per heavy atom. The number of methoxy groups -OCH3 is 1. The zero-order chi connectivity index (χ0) is 23.5. The maximum absolute atomic E-state index is 12.7. The summed E-state index contributed by atoms with van der Waals surface area (Å²) in [6.45, 7) is 3.25. The van der Waals surface area contributed by atoms with E-state index in [4.69, 9.17) is 16.3 Å². The molecule has 1 fully saturated rings. The first-order valence-electron chi connectivity index (χ1n) is 10.8. The van der Waals surface area contributed by atoms with Gasteiger partial charge in [0.15, 0.2) is 5.65 Å². The molecule has 10 nitrogen and oxygen atoms in total. The van der Waals surface area contributed by atoms with Crippen molar-refractivity contribution in [3.05, 3.63) is 60.1 Å². The second kappa shape index (κ2) is 9.52. The van der Waals surface area contributed by atoms with E-state index in [1.165, 1.54) is 13.4 Å². The fourth-order valence-electron chi connectivity index (χ4n) is 4.04. The van der Waals surface area contributed by atoms with Crippen LogP contribution in [0.4, 0.5) is 17.3 Å². The van der Waals surface area contributed by atoms with E-state index in [-0.39, 0.29) is 12.5 Å². The molecule has 1 aliphatic heterocycles. The monoisotopic (exact) mass is 478 g/mol. The first-order chi connectivity index (χ1) is 16.6. The average molecular weight is 479 g/mol. The largest absolute Gasteiger partial charge is 0.495 e. The second-order valence-corrected chi connectivity index (χ2v) is 8.23. The molecular weight excluding hydrogens is 456 g/mol. The predicted octanol–water partition coefficient (Wildman–Crippen LogP) is 2.85. The summed E-state index contributed by atoms with van der Waals surface area (Å²) < 4.78 is 6.86. The summed E-state index contributed by atoms with van der Waals surface area (Å²) in [7, 11) is 1.54. The topological polar surface area (TPSA) is 101 Å². The number of benzene rings is 1. The Morgan fingerprint density at radius 3 is 2.68 bits per heavy atom. The van der Waals surface area contributed by atoms with Crippen LogP contribution >= 0.6 is 11.6 Å². The van der Waals surface area contributed by atoms with Gasteiger partial charge >= 0.3 is 0 Å². The first kappa shape index (κ1) is 21.9. The van der Waals surface area contributed by atoms with Gasteiger partial charge in [0.2, 0.25) is 5.91 Å². The van der Waals surface area contributed by atoms with Crippen LogP contribution in [0.15, 0.2) is 55.1 Å². The van der Waals surface area contributed by atoms with Crippen LogP contribution in [-0.2, 0) is 11.3 Å². The van der Waals surface area contributed by atoms with Gasteiger partial charge in [0.25, 0.3) is 0 Å². The van der Waals surface area contributed by atoms with Gasteiger partial charge in [-0.1, -0.05) is 17.7 Å². The van der Waals surface area contributed by atoms with Crippen molar-refractivity contribution in [1.29, 1.82) is 0 Å². The van der Waals surface area contributed by atoms with Crippen molar-refractivity contribution in [2.75, 3.05) is 48.4 Å². The van der Waals surface area contributed by atoms with E-state index in [1.54, 1.807) is 29.1 Å². The summed E-state index contributed by atoms with van der Waals surface area (Å²) in [5, 5.41) is 8.54. The standard InChI is InChI=1S/C23H23ClN8O2/c1-34-19-6-5-16(24)12-18(19)29-21(33)14-32-23-17(13-28-32)22(26-15-27-23)31-10-8-30(9-11-31)20-4-2-3-7-25-20/h2-7,12-13,15H,8-11,14H2,1H3,(H,29,33). The fraction of sp³-hybridized carbons (Fsp3) is 0.261. The number of ether oxygens (including phenoxy) is 1. The van der Waals surface area contributed by atoms with E-state index >= 15 is 0 Å². The maximum Gasteiger partial charge on any atom is 0.246 e. The van der Waals surface area contributed by atoms with Gasteiger partial charge in [-0.25, -0.2) is 19.6 Å². The molecule has 1 N–H and O–H groups in total. The lowest BCUT2D eigenvalue weighted by atomic mass is 10.2. The Bertz CT molecular complexity index is 1310. The molecule has 0 atom stereocenters. The van der Waals surface area contributed by atoms with Gasteiger partial charge in [0, 0.05) is 37.4 Å². The van der Waals surface area contributed by atoms with Crippen molar-refractivity contribution in [3.8, 4) is 5.75 Å². The van der Waals surface area contributed by atoms with Gasteiger partial charge in [-0.2, -0.15) is 5.10 Å². The van der Waals surface area contributed by atoms with Gasteiger partial charge in [-0.3, -0.25) is 4.79 Å². The maximum atomic E-state index is 12.7. The van der Waals surface area contributed by atoms with Crippen molar-refractivity contribution in [3.63, 3.8) is 0 Å². The third-order valence-corrected chi connectivity index (χ3v) is 5.93. The van der Waals surface area contributed by atoms with Crippen LogP contribution in [0.5, 0.6) is 5.75 Å². The number of anilines is 3. The van der Waals surface area contributed by atoms with Crippen LogP contribution in [0.25, 0.3) is 11.0 Å². The molecule has 1 aromatic carbocycles. The number of nitrogens with one attached hydrogen (secondary N) is 1. The van der Waals surface area contributed by atoms with Crippen LogP contribution in [0.3, 0.4) is 0 Å². The predicted molar refractivity (Wildman–Crippen MR) is 131 cm³/mol. The molecule has 1 saturated heterocycles. The Labute approximate surface area is 201 Å². The molecule has 0 radical (unpaired) electrons. The minimum atomic E-state index is -0.269. The number of pyridine rings is 1. The highest BCUT2D eigenvalue weighted by atomic mass is 35.5. The molecule has 5 rings (SSSR count). The Hall–Kier alpha value is -3.92. The zero-order valence-electron chi connectivity index (χ0n) is 18.6. The number of amides is 1. The summed E-state index contributed by atoms with van der Waals surface area (Å²) in [5.74, 6) is 2.05. The Morgan fingerprint density at radius 1 is 1.09 bits per heavy atom. The van der Waals surface area contributed by atoms with Crippen molar-refractivity contribution >= 4 is 45.9 Å². The summed E-state index contributed by atoms with van der Waals surface area (Å²) >= 11 is 6.06. The highest BCUT2D eigenvalue weighted by Gasteiger charge is 2.22. The van der Waals surface area contributed by atoms with Gasteiger partial charge in [-0.15, -0.1) is 0 Å². The zero-order valence-corrected chi connectivity index (χ0v) is 19.3. The summed E-state index contributed by atoms with van der Waals surface area (Å²) in [6, 6.07) is 11.0. The minimum Gasteiger partial charge on any atom is -0.495 e. The number of hydrogen-bond donors (Lipinski definition) is 1. The van der Waals surface area contributed by atoms with Crippen LogP contribution in [-0.4, -0.2) is 63.9 Å². The molecule has 0 spiro atoms. The number of aromatic nitrogens is 5. The lowest BCUT2D eigenvalue weighted by molar-refractivity contribution is -0.116. The van der Waals surface area contributed by atoms with E-state index in [9.17, 15) is 4.79 Å². The molecule has 0 aliphatic carbocycles. The van der Waals surface area contributed by atoms with E-state index < -0.39 is 0 Å². The van der Waals surface area contributed by atoms with Crippen LogP contribution < -0.4 is 19.9 Å². The lowest BCUT2D eigenvalue weighted by Crippen LogP contribution is -2.47. The average Bonchev–Trinajstić information content (AvgIpc) is 3.27. The number of nitrogens with zero attached hydrogens (tertiary/aromatic N) is 7. The molecule has 34 heavy (non-hydrogen) atoms. The van der Waals surface area contributed by atoms with Crippen molar-refractivity contribution in [2.45, 2.75) is 6.54 Å². The van der Waals surface area contributed by atoms with E-state index in [0.29, 0.717) is 22.1 Å². The Balaban J connectivity index is 1.30. The highest BCUT2D eigenvalue weighted by Crippen LogP contribution is 2.28. The first-order valence-corrected chi connectivity index (χ1v) is 11.2. The van der Waals surface area contributed by atoms with Crippen LogP contribution in [0.2, 0.25) is 5.02 Å². The smallest absolute Gasteiger partial charge is 0.246 e. The van der Waals surface area contributed by atoms with Crippen LogP contribution in [0.1, 0.15) is 0 Å². The number of carbonyl (C=O) groups excluding carboxylic acids is 1. The van der Waals surface area contributed by atoms with E-state index in [0.717, 1.165) is 43.2 Å². The van der Waals surface area contributed by atoms with Crippen molar-refractivity contribution in [2.24, 2.45) is 0 Å². The molecule has 0 bridgehead atoms. The normalized spacial score (nSPS) is 13.8. The van der Waals surface area contributed by atoms with Crippen molar-refractivity contribution < 1.29 is 9.53 Å². The summed E-state index contributed by atoms with van der Waals surface area (Å²) in [5.41, 5.74) is 1.10. The molecule has 4 aromatic rings.